The Morgan fingerprint density at radius 3 is 1.55 bits per heavy atom. The predicted octanol–water partition coefficient (Wildman–Crippen LogP) is 1.79. The summed E-state index contributed by atoms with van der Waals surface area (Å²) < 4.78 is 0. The molecule has 0 aliphatic rings. The second-order valence-electron chi connectivity index (χ2n) is 4.27. The molecule has 0 saturated carbocycles. The number of aromatic amines is 2. The maximum atomic E-state index is 11.3. The summed E-state index contributed by atoms with van der Waals surface area (Å²) in [6.45, 7) is 0. The number of nitrogens with zero attached hydrogens (tertiary/aromatic N) is 1. The molecule has 0 aromatic carbocycles. The summed E-state index contributed by atoms with van der Waals surface area (Å²) in [4.78, 5) is 32.6. The summed E-state index contributed by atoms with van der Waals surface area (Å²) in [6, 6.07) is 15.2. The number of nitrogens with one attached hydrogen (secondary N) is 2. The maximum Gasteiger partial charge on any atom is 0.248 e. The van der Waals surface area contributed by atoms with Gasteiger partial charge in [0.15, 0.2) is 0 Å². The molecule has 0 aliphatic carbocycles. The lowest BCUT2D eigenvalue weighted by Gasteiger charge is -2.04. The van der Waals surface area contributed by atoms with Gasteiger partial charge < -0.3 is 9.97 Å². The third-order valence-corrected chi connectivity index (χ3v) is 2.84. The molecule has 5 nitrogen and oxygen atoms in total. The topological polar surface area (TPSA) is 78.6 Å². The van der Waals surface area contributed by atoms with Crippen molar-refractivity contribution in [2.75, 3.05) is 0 Å². The van der Waals surface area contributed by atoms with Crippen LogP contribution in [0.5, 0.6) is 0 Å². The standard InChI is InChI=1S/C15H11N3O2/c19-14-8-2-6-12(17-14)10-4-1-5-11(16-10)13-7-3-9-15(20)18-13/h1-9H,(H,17,19)(H,18,20). The van der Waals surface area contributed by atoms with Gasteiger partial charge in [0.2, 0.25) is 11.1 Å². The van der Waals surface area contributed by atoms with Gasteiger partial charge in [-0.2, -0.15) is 0 Å². The summed E-state index contributed by atoms with van der Waals surface area (Å²) in [7, 11) is 0. The largest absolute Gasteiger partial charge is 0.321 e. The van der Waals surface area contributed by atoms with Crippen LogP contribution < -0.4 is 11.1 Å². The van der Waals surface area contributed by atoms with E-state index in [2.05, 4.69) is 15.0 Å². The molecule has 3 rings (SSSR count). The normalized spacial score (nSPS) is 10.4. The van der Waals surface area contributed by atoms with Crippen LogP contribution in [0.2, 0.25) is 0 Å². The Balaban J connectivity index is 2.10. The van der Waals surface area contributed by atoms with Crippen LogP contribution in [0.25, 0.3) is 22.8 Å². The molecule has 98 valence electrons. The van der Waals surface area contributed by atoms with Crippen LogP contribution in [0, 0.1) is 0 Å². The summed E-state index contributed by atoms with van der Waals surface area (Å²) in [5.74, 6) is 0. The Morgan fingerprint density at radius 1 is 0.650 bits per heavy atom. The zero-order valence-corrected chi connectivity index (χ0v) is 10.5. The van der Waals surface area contributed by atoms with Crippen LogP contribution in [0.3, 0.4) is 0 Å². The Morgan fingerprint density at radius 2 is 1.10 bits per heavy atom. The van der Waals surface area contributed by atoms with E-state index in [0.29, 0.717) is 22.8 Å². The van der Waals surface area contributed by atoms with Gasteiger partial charge in [0.1, 0.15) is 0 Å². The molecule has 2 N–H and O–H groups in total. The molecule has 20 heavy (non-hydrogen) atoms. The first-order valence-corrected chi connectivity index (χ1v) is 6.09. The molecule has 0 fully saturated rings. The van der Waals surface area contributed by atoms with E-state index in [-0.39, 0.29) is 11.1 Å². The summed E-state index contributed by atoms with van der Waals surface area (Å²) >= 11 is 0. The number of rotatable bonds is 2. The molecule has 0 atom stereocenters. The minimum Gasteiger partial charge on any atom is -0.321 e. The Hall–Kier alpha value is -2.95. The van der Waals surface area contributed by atoms with Crippen LogP contribution in [0.15, 0.2) is 64.2 Å². The summed E-state index contributed by atoms with van der Waals surface area (Å²) in [5.41, 5.74) is 2.20. The zero-order chi connectivity index (χ0) is 13.9. The molecule has 0 unspecified atom stereocenters. The summed E-state index contributed by atoms with van der Waals surface area (Å²) in [5, 5.41) is 0. The van der Waals surface area contributed by atoms with E-state index in [1.807, 2.05) is 6.07 Å². The van der Waals surface area contributed by atoms with Crippen LogP contribution >= 0.6 is 0 Å². The lowest BCUT2D eigenvalue weighted by Crippen LogP contribution is -2.06. The first-order valence-electron chi connectivity index (χ1n) is 6.09. The van der Waals surface area contributed by atoms with Crippen molar-refractivity contribution in [1.29, 1.82) is 0 Å². The van der Waals surface area contributed by atoms with Crippen LogP contribution in [-0.2, 0) is 0 Å². The summed E-state index contributed by atoms with van der Waals surface area (Å²) in [6.07, 6.45) is 0. The smallest absolute Gasteiger partial charge is 0.248 e. The van der Waals surface area contributed by atoms with E-state index in [4.69, 9.17) is 0 Å². The van der Waals surface area contributed by atoms with E-state index in [1.54, 1.807) is 36.4 Å². The molecule has 0 aliphatic heterocycles. The molecular weight excluding hydrogens is 254 g/mol. The highest BCUT2D eigenvalue weighted by molar-refractivity contribution is 5.61. The number of aromatic nitrogens is 3. The Labute approximate surface area is 114 Å². The van der Waals surface area contributed by atoms with Gasteiger partial charge in [-0.05, 0) is 24.3 Å². The monoisotopic (exact) mass is 265 g/mol. The van der Waals surface area contributed by atoms with E-state index < -0.39 is 0 Å². The molecule has 3 aromatic heterocycles. The fraction of sp³-hybridized carbons (Fsp3) is 0. The van der Waals surface area contributed by atoms with Crippen molar-refractivity contribution in [1.82, 2.24) is 15.0 Å². The van der Waals surface area contributed by atoms with E-state index in [1.165, 1.54) is 12.1 Å². The van der Waals surface area contributed by atoms with Gasteiger partial charge in [-0.25, -0.2) is 4.98 Å². The lowest BCUT2D eigenvalue weighted by atomic mass is 10.2. The molecule has 0 saturated heterocycles. The predicted molar refractivity (Wildman–Crippen MR) is 76.4 cm³/mol. The van der Waals surface area contributed by atoms with Crippen LogP contribution in [0.1, 0.15) is 0 Å². The number of hydrogen-bond acceptors (Lipinski definition) is 3. The molecule has 0 spiro atoms. The van der Waals surface area contributed by atoms with Gasteiger partial charge in [0.25, 0.3) is 0 Å². The Kier molecular flexibility index (Phi) is 3.01. The van der Waals surface area contributed by atoms with Crippen molar-refractivity contribution in [3.8, 4) is 22.8 Å². The SMILES string of the molecule is O=c1cccc(-c2cccc(-c3cccc(=O)[nH]3)n2)[nH]1. The van der Waals surface area contributed by atoms with Gasteiger partial charge in [-0.15, -0.1) is 0 Å². The first-order chi connectivity index (χ1) is 9.72. The van der Waals surface area contributed by atoms with Crippen LogP contribution in [-0.4, -0.2) is 15.0 Å². The first kappa shape index (κ1) is 12.1. The molecule has 0 bridgehead atoms. The molecule has 3 heterocycles. The van der Waals surface area contributed by atoms with Crippen molar-refractivity contribution in [3.05, 3.63) is 75.3 Å². The lowest BCUT2D eigenvalue weighted by molar-refractivity contribution is 1.17. The van der Waals surface area contributed by atoms with Crippen molar-refractivity contribution < 1.29 is 0 Å². The highest BCUT2D eigenvalue weighted by Crippen LogP contribution is 2.18. The average Bonchev–Trinajstić information content (AvgIpc) is 2.47. The van der Waals surface area contributed by atoms with Crippen molar-refractivity contribution in [2.45, 2.75) is 0 Å². The third-order valence-electron chi connectivity index (χ3n) is 2.84. The molecule has 0 amide bonds. The second kappa shape index (κ2) is 4.97. The molecule has 3 aromatic rings. The van der Waals surface area contributed by atoms with Crippen molar-refractivity contribution >= 4 is 0 Å². The fourth-order valence-electron chi connectivity index (χ4n) is 1.93. The second-order valence-corrected chi connectivity index (χ2v) is 4.27. The van der Waals surface area contributed by atoms with E-state index in [9.17, 15) is 9.59 Å². The highest BCUT2D eigenvalue weighted by atomic mass is 16.1. The average molecular weight is 265 g/mol. The Bertz CT molecular complexity index is 796. The molecule has 0 radical (unpaired) electrons. The molecule has 5 heteroatoms. The highest BCUT2D eigenvalue weighted by Gasteiger charge is 2.04. The number of H-pyrrole nitrogens is 2. The fourth-order valence-corrected chi connectivity index (χ4v) is 1.93. The number of pyridine rings is 3. The van der Waals surface area contributed by atoms with Gasteiger partial charge in [-0.3, -0.25) is 9.59 Å². The van der Waals surface area contributed by atoms with E-state index >= 15 is 0 Å². The number of hydrogen-bond donors (Lipinski definition) is 2. The third kappa shape index (κ3) is 2.42. The quantitative estimate of drug-likeness (QED) is 0.741. The van der Waals surface area contributed by atoms with Gasteiger partial charge in [0.05, 0.1) is 22.8 Å². The van der Waals surface area contributed by atoms with E-state index in [0.717, 1.165) is 0 Å². The van der Waals surface area contributed by atoms with Crippen molar-refractivity contribution in [2.24, 2.45) is 0 Å². The van der Waals surface area contributed by atoms with Crippen molar-refractivity contribution in [3.63, 3.8) is 0 Å². The maximum absolute atomic E-state index is 11.3. The van der Waals surface area contributed by atoms with Gasteiger partial charge in [0, 0.05) is 12.1 Å². The van der Waals surface area contributed by atoms with Gasteiger partial charge >= 0.3 is 0 Å². The molecular formula is C15H11N3O2. The van der Waals surface area contributed by atoms with Gasteiger partial charge in [-0.1, -0.05) is 18.2 Å². The minimum absolute atomic E-state index is 0.178. The zero-order valence-electron chi connectivity index (χ0n) is 10.5. The van der Waals surface area contributed by atoms with Crippen LogP contribution in [0.4, 0.5) is 0 Å². The minimum atomic E-state index is -0.178.